The number of benzene rings is 1. The molecule has 0 heterocycles. The Morgan fingerprint density at radius 1 is 1.17 bits per heavy atom. The molecule has 0 aliphatic heterocycles. The summed E-state index contributed by atoms with van der Waals surface area (Å²) in [4.78, 5) is 12.2. The van der Waals surface area contributed by atoms with Crippen molar-refractivity contribution in [3.63, 3.8) is 0 Å². The van der Waals surface area contributed by atoms with E-state index in [1.54, 1.807) is 24.3 Å². The van der Waals surface area contributed by atoms with E-state index < -0.39 is 5.51 Å². The number of aryl methyl sites for hydroxylation is 1. The van der Waals surface area contributed by atoms with Gasteiger partial charge in [-0.25, -0.2) is 0 Å². The zero-order valence-corrected chi connectivity index (χ0v) is 14.6. The van der Waals surface area contributed by atoms with Crippen LogP contribution < -0.4 is 0 Å². The van der Waals surface area contributed by atoms with E-state index in [0.29, 0.717) is 12.0 Å². The van der Waals surface area contributed by atoms with Gasteiger partial charge in [0.05, 0.1) is 6.07 Å². The van der Waals surface area contributed by atoms with Crippen LogP contribution in [0.3, 0.4) is 0 Å². The zero-order chi connectivity index (χ0) is 18.2. The first-order chi connectivity index (χ1) is 11.3. The average Bonchev–Trinajstić information content (AvgIpc) is 2.52. The van der Waals surface area contributed by atoms with Crippen molar-refractivity contribution in [2.45, 2.75) is 51.5 Å². The molecule has 0 bridgehead atoms. The van der Waals surface area contributed by atoms with Crippen molar-refractivity contribution in [3.05, 3.63) is 45.9 Å². The second-order valence-electron chi connectivity index (χ2n) is 5.45. The number of ketones is 1. The van der Waals surface area contributed by atoms with Gasteiger partial charge >= 0.3 is 5.51 Å². The van der Waals surface area contributed by atoms with Crippen LogP contribution in [-0.2, 0) is 0 Å². The number of thioether (sulfide) groups is 1. The lowest BCUT2D eigenvalue weighted by molar-refractivity contribution is -0.0322. The SMILES string of the molecule is CCCC/C(SC(F)(F)F)=C(\C#N)CCC(=O)c1ccc(C)cc1. The molecule has 1 rings (SSSR count). The van der Waals surface area contributed by atoms with Gasteiger partial charge in [-0.2, -0.15) is 18.4 Å². The molecule has 0 radical (unpaired) electrons. The molecule has 0 N–H and O–H groups in total. The Bertz CT molecular complexity index is 627. The Hall–Kier alpha value is -1.74. The van der Waals surface area contributed by atoms with Crippen LogP contribution >= 0.6 is 11.8 Å². The van der Waals surface area contributed by atoms with Crippen LogP contribution in [0.15, 0.2) is 34.7 Å². The second kappa shape index (κ2) is 9.53. The third kappa shape index (κ3) is 7.22. The minimum atomic E-state index is -4.42. The fraction of sp³-hybridized carbons (Fsp3) is 0.444. The van der Waals surface area contributed by atoms with Crippen LogP contribution in [0.2, 0.25) is 0 Å². The Morgan fingerprint density at radius 3 is 2.29 bits per heavy atom. The minimum Gasteiger partial charge on any atom is -0.294 e. The van der Waals surface area contributed by atoms with Crippen LogP contribution in [0.1, 0.15) is 54.9 Å². The summed E-state index contributed by atoms with van der Waals surface area (Å²) in [6.45, 7) is 3.78. The number of carbonyl (C=O) groups excluding carboxylic acids is 1. The number of hydrogen-bond donors (Lipinski definition) is 0. The van der Waals surface area contributed by atoms with Crippen molar-refractivity contribution < 1.29 is 18.0 Å². The maximum absolute atomic E-state index is 12.7. The third-order valence-electron chi connectivity index (χ3n) is 3.44. The van der Waals surface area contributed by atoms with Gasteiger partial charge in [0.1, 0.15) is 0 Å². The van der Waals surface area contributed by atoms with Gasteiger partial charge in [-0.15, -0.1) is 0 Å². The molecule has 24 heavy (non-hydrogen) atoms. The maximum atomic E-state index is 12.7. The number of nitrogens with zero attached hydrogens (tertiary/aromatic N) is 1. The summed E-state index contributed by atoms with van der Waals surface area (Å²) in [7, 11) is 0. The van der Waals surface area contributed by atoms with E-state index >= 15 is 0 Å². The van der Waals surface area contributed by atoms with Crippen LogP contribution in [0.25, 0.3) is 0 Å². The highest BCUT2D eigenvalue weighted by Gasteiger charge is 2.31. The predicted octanol–water partition coefficient (Wildman–Crippen LogP) is 6.18. The first-order valence-corrected chi connectivity index (χ1v) is 8.56. The highest BCUT2D eigenvalue weighted by molar-refractivity contribution is 8.03. The van der Waals surface area contributed by atoms with Crippen LogP contribution in [-0.4, -0.2) is 11.3 Å². The number of unbranched alkanes of at least 4 members (excludes halogenated alkanes) is 1. The molecule has 0 saturated heterocycles. The summed E-state index contributed by atoms with van der Waals surface area (Å²) in [6, 6.07) is 8.85. The molecule has 0 atom stereocenters. The maximum Gasteiger partial charge on any atom is 0.446 e. The predicted molar refractivity (Wildman–Crippen MR) is 90.6 cm³/mol. The number of nitriles is 1. The Kier molecular flexibility index (Phi) is 8.06. The number of rotatable bonds is 8. The summed E-state index contributed by atoms with van der Waals surface area (Å²) in [5, 5.41) is 9.21. The van der Waals surface area contributed by atoms with E-state index in [4.69, 9.17) is 0 Å². The van der Waals surface area contributed by atoms with E-state index in [0.717, 1.165) is 12.0 Å². The molecular formula is C18H20F3NOS. The molecule has 0 spiro atoms. The monoisotopic (exact) mass is 355 g/mol. The van der Waals surface area contributed by atoms with Gasteiger partial charge in [-0.1, -0.05) is 43.2 Å². The van der Waals surface area contributed by atoms with Gasteiger partial charge in [0.2, 0.25) is 0 Å². The Labute approximate surface area is 144 Å². The number of hydrogen-bond acceptors (Lipinski definition) is 3. The van der Waals surface area contributed by atoms with Crippen molar-refractivity contribution in [2.75, 3.05) is 0 Å². The highest BCUT2D eigenvalue weighted by Crippen LogP contribution is 2.40. The molecule has 1 aromatic carbocycles. The van der Waals surface area contributed by atoms with Crippen LogP contribution in [0, 0.1) is 18.3 Å². The Balaban J connectivity index is 2.85. The summed E-state index contributed by atoms with van der Waals surface area (Å²) in [6.07, 6.45) is 1.59. The molecular weight excluding hydrogens is 335 g/mol. The quantitative estimate of drug-likeness (QED) is 0.413. The molecule has 0 aliphatic rings. The first kappa shape index (κ1) is 20.3. The summed E-state index contributed by atoms with van der Waals surface area (Å²) in [5.74, 6) is -0.172. The van der Waals surface area contributed by atoms with E-state index in [2.05, 4.69) is 0 Å². The zero-order valence-electron chi connectivity index (χ0n) is 13.7. The largest absolute Gasteiger partial charge is 0.446 e. The molecule has 130 valence electrons. The molecule has 0 saturated carbocycles. The summed E-state index contributed by atoms with van der Waals surface area (Å²) in [5.41, 5.74) is -2.83. The lowest BCUT2D eigenvalue weighted by atomic mass is 10.0. The fourth-order valence-corrected chi connectivity index (χ4v) is 2.92. The lowest BCUT2D eigenvalue weighted by Gasteiger charge is -2.12. The highest BCUT2D eigenvalue weighted by atomic mass is 32.2. The van der Waals surface area contributed by atoms with Crippen molar-refractivity contribution in [3.8, 4) is 6.07 Å². The van der Waals surface area contributed by atoms with Crippen molar-refractivity contribution >= 4 is 17.5 Å². The first-order valence-electron chi connectivity index (χ1n) is 7.74. The number of alkyl halides is 3. The fourth-order valence-electron chi connectivity index (χ4n) is 2.12. The van der Waals surface area contributed by atoms with Crippen LogP contribution in [0.4, 0.5) is 13.2 Å². The van der Waals surface area contributed by atoms with Gasteiger partial charge < -0.3 is 0 Å². The van der Waals surface area contributed by atoms with E-state index in [1.807, 2.05) is 19.9 Å². The van der Waals surface area contributed by atoms with Gasteiger partial charge in [-0.3, -0.25) is 4.79 Å². The number of allylic oxidation sites excluding steroid dienone is 2. The topological polar surface area (TPSA) is 40.9 Å². The van der Waals surface area contributed by atoms with Crippen molar-refractivity contribution in [1.82, 2.24) is 0 Å². The molecule has 0 amide bonds. The number of halogens is 3. The molecule has 0 fully saturated rings. The number of carbonyl (C=O) groups is 1. The minimum absolute atomic E-state index is 0.0278. The molecule has 1 aromatic rings. The summed E-state index contributed by atoms with van der Waals surface area (Å²) >= 11 is -0.230. The smallest absolute Gasteiger partial charge is 0.294 e. The average molecular weight is 355 g/mol. The summed E-state index contributed by atoms with van der Waals surface area (Å²) < 4.78 is 38.1. The Morgan fingerprint density at radius 2 is 1.79 bits per heavy atom. The molecule has 6 heteroatoms. The van der Waals surface area contributed by atoms with E-state index in [9.17, 15) is 23.2 Å². The molecule has 2 nitrogen and oxygen atoms in total. The lowest BCUT2D eigenvalue weighted by Crippen LogP contribution is -2.04. The van der Waals surface area contributed by atoms with E-state index in [1.165, 1.54) is 0 Å². The van der Waals surface area contributed by atoms with E-state index in [-0.39, 0.29) is 47.3 Å². The van der Waals surface area contributed by atoms with Crippen molar-refractivity contribution in [2.24, 2.45) is 0 Å². The van der Waals surface area contributed by atoms with Gasteiger partial charge in [0.15, 0.2) is 5.78 Å². The standard InChI is InChI=1S/C18H20F3NOS/c1-3-4-5-17(24-18(19,20)21)15(12-22)10-11-16(23)14-8-6-13(2)7-9-14/h6-9H,3-5,10-11H2,1-2H3/b17-15+. The van der Waals surface area contributed by atoms with Gasteiger partial charge in [0.25, 0.3) is 0 Å². The number of Topliss-reactive ketones (excluding diaryl/α,β-unsaturated/α-hetero) is 1. The van der Waals surface area contributed by atoms with Crippen LogP contribution in [0.5, 0.6) is 0 Å². The van der Waals surface area contributed by atoms with Gasteiger partial charge in [0, 0.05) is 22.5 Å². The van der Waals surface area contributed by atoms with Gasteiger partial charge in [-0.05, 0) is 37.9 Å². The third-order valence-corrected chi connectivity index (χ3v) is 4.37. The second-order valence-corrected chi connectivity index (χ2v) is 6.61. The normalized spacial score (nSPS) is 12.5. The molecule has 0 aliphatic carbocycles. The molecule has 0 unspecified atom stereocenters. The van der Waals surface area contributed by atoms with Crippen molar-refractivity contribution in [1.29, 1.82) is 5.26 Å². The molecule has 0 aromatic heterocycles.